The van der Waals surface area contributed by atoms with Gasteiger partial charge in [0.1, 0.15) is 24.4 Å². The Balaban J connectivity index is 2.82. The minimum absolute atomic E-state index is 0.0831. The van der Waals surface area contributed by atoms with Crippen molar-refractivity contribution in [2.45, 2.75) is 230 Å². The van der Waals surface area contributed by atoms with Gasteiger partial charge in [-0.25, -0.2) is 0 Å². The predicted octanol–water partition coefficient (Wildman–Crippen LogP) is 11.9. The van der Waals surface area contributed by atoms with Crippen LogP contribution < -0.4 is 5.32 Å². The van der Waals surface area contributed by atoms with Gasteiger partial charge < -0.3 is 45.1 Å². The van der Waals surface area contributed by atoms with Crippen LogP contribution in [0.3, 0.4) is 0 Å². The number of aliphatic hydroxyl groups excluding tert-OH is 5. The largest absolute Gasteiger partial charge is 0.454 e. The number of carbonyl (C=O) groups excluding carboxylic acids is 2. The predicted molar refractivity (Wildman–Crippen MR) is 291 cm³/mol. The van der Waals surface area contributed by atoms with Gasteiger partial charge >= 0.3 is 5.97 Å². The van der Waals surface area contributed by atoms with Crippen LogP contribution in [0.4, 0.5) is 0 Å². The maximum absolute atomic E-state index is 13.3. The Hall–Kier alpha value is -3.94. The number of aliphatic hydroxyl groups is 5. The molecule has 0 aliphatic carbocycles. The highest BCUT2D eigenvalue weighted by atomic mass is 16.7. The highest BCUT2D eigenvalue weighted by molar-refractivity contribution is 5.80. The van der Waals surface area contributed by atoms with E-state index in [0.29, 0.717) is 12.8 Å². The molecule has 1 aliphatic rings. The Kier molecular flexibility index (Phi) is 43.2. The average molecular weight is 992 g/mol. The summed E-state index contributed by atoms with van der Waals surface area (Å²) in [4.78, 5) is 26.4. The standard InChI is InChI=1S/C60H97NO10/c1-4-7-10-13-16-19-22-24-26-28-29-32-35-38-41-44-47-53(64)59(68)61-51(52(63)46-43-40-37-34-31-21-18-15-12-9-6-3)50-69-60-58(57(67)56(66)54(49-62)70-60)71-55(65)48-45-42-39-36-33-30-27-25-23-20-17-14-11-8-5-2/h7-8,10-11,14,16-17,19-20,23-27,29,32,38,41,43,46,51-54,56-58,60,62-64,66-67H,4-6,9,12-13,15,18,21-22,28,30-31,33-37,39-40,42,44-45,47-50H2,1-3H3,(H,61,68)/b10-7-,11-8+,17-14+,19-16-,23-20+,26-24-,27-25-,32-29-,41-38-,46-43+. The summed E-state index contributed by atoms with van der Waals surface area (Å²) in [6.07, 6.45) is 53.9. The van der Waals surface area contributed by atoms with Gasteiger partial charge in [0.15, 0.2) is 12.4 Å². The van der Waals surface area contributed by atoms with E-state index in [4.69, 9.17) is 14.2 Å². The lowest BCUT2D eigenvalue weighted by Crippen LogP contribution is -2.61. The first-order valence-electron chi connectivity index (χ1n) is 27.4. The Morgan fingerprint density at radius 2 is 1.08 bits per heavy atom. The Bertz CT molecular complexity index is 1610. The summed E-state index contributed by atoms with van der Waals surface area (Å²) in [6, 6.07) is -1.07. The third-order valence-electron chi connectivity index (χ3n) is 12.0. The number of carbonyl (C=O) groups is 2. The minimum Gasteiger partial charge on any atom is -0.454 e. The summed E-state index contributed by atoms with van der Waals surface area (Å²) in [7, 11) is 0. The maximum Gasteiger partial charge on any atom is 0.306 e. The second kappa shape index (κ2) is 47.1. The van der Waals surface area contributed by atoms with E-state index in [1.165, 1.54) is 38.5 Å². The van der Waals surface area contributed by atoms with E-state index < -0.39 is 67.4 Å². The molecular formula is C60H97NO10. The monoisotopic (exact) mass is 992 g/mol. The fourth-order valence-electron chi connectivity index (χ4n) is 7.63. The van der Waals surface area contributed by atoms with Crippen molar-refractivity contribution in [1.29, 1.82) is 0 Å². The summed E-state index contributed by atoms with van der Waals surface area (Å²) in [5, 5.41) is 56.6. The number of esters is 1. The Labute approximate surface area is 430 Å². The van der Waals surface area contributed by atoms with Gasteiger partial charge in [0, 0.05) is 6.42 Å². The van der Waals surface area contributed by atoms with E-state index in [-0.39, 0.29) is 19.4 Å². The summed E-state index contributed by atoms with van der Waals surface area (Å²) in [6.45, 7) is 5.44. The van der Waals surface area contributed by atoms with Crippen LogP contribution in [0.2, 0.25) is 0 Å². The highest BCUT2D eigenvalue weighted by Crippen LogP contribution is 2.26. The van der Waals surface area contributed by atoms with E-state index in [1.807, 2.05) is 54.7 Å². The molecule has 1 saturated heterocycles. The second-order valence-corrected chi connectivity index (χ2v) is 18.3. The molecule has 71 heavy (non-hydrogen) atoms. The molecule has 11 nitrogen and oxygen atoms in total. The van der Waals surface area contributed by atoms with Crippen LogP contribution in [0.15, 0.2) is 122 Å². The molecule has 1 amide bonds. The van der Waals surface area contributed by atoms with E-state index in [1.54, 1.807) is 6.08 Å². The number of rotatable bonds is 43. The van der Waals surface area contributed by atoms with E-state index >= 15 is 0 Å². The zero-order chi connectivity index (χ0) is 51.8. The number of amides is 1. The van der Waals surface area contributed by atoms with Crippen molar-refractivity contribution in [1.82, 2.24) is 5.32 Å². The lowest BCUT2D eigenvalue weighted by Gasteiger charge is -2.41. The van der Waals surface area contributed by atoms with Crippen molar-refractivity contribution < 1.29 is 49.3 Å². The summed E-state index contributed by atoms with van der Waals surface area (Å²) in [5.41, 5.74) is 0. The number of nitrogens with one attached hydrogen (secondary N) is 1. The van der Waals surface area contributed by atoms with Gasteiger partial charge in [-0.15, -0.1) is 0 Å². The summed E-state index contributed by atoms with van der Waals surface area (Å²) >= 11 is 0. The molecule has 0 bridgehead atoms. The van der Waals surface area contributed by atoms with Crippen LogP contribution in [-0.4, -0.2) is 99.6 Å². The molecule has 1 aliphatic heterocycles. The van der Waals surface area contributed by atoms with Crippen LogP contribution in [-0.2, 0) is 23.8 Å². The number of allylic oxidation sites excluding steroid dienone is 19. The molecule has 0 aromatic heterocycles. The molecule has 6 N–H and O–H groups in total. The zero-order valence-electron chi connectivity index (χ0n) is 44.0. The van der Waals surface area contributed by atoms with Crippen LogP contribution in [0.5, 0.6) is 0 Å². The van der Waals surface area contributed by atoms with Gasteiger partial charge in [0.2, 0.25) is 5.91 Å². The second-order valence-electron chi connectivity index (χ2n) is 18.3. The van der Waals surface area contributed by atoms with Gasteiger partial charge in [-0.1, -0.05) is 213 Å². The molecule has 1 heterocycles. The van der Waals surface area contributed by atoms with Gasteiger partial charge in [-0.05, 0) is 83.5 Å². The third kappa shape index (κ3) is 35.8. The Morgan fingerprint density at radius 3 is 1.66 bits per heavy atom. The van der Waals surface area contributed by atoms with Crippen molar-refractivity contribution in [2.75, 3.05) is 13.2 Å². The van der Waals surface area contributed by atoms with Crippen LogP contribution in [0.25, 0.3) is 0 Å². The molecule has 11 heteroatoms. The molecule has 1 fully saturated rings. The molecule has 0 aromatic carbocycles. The molecule has 8 unspecified atom stereocenters. The lowest BCUT2D eigenvalue weighted by molar-refractivity contribution is -0.305. The first kappa shape index (κ1) is 65.1. The topological polar surface area (TPSA) is 175 Å². The molecule has 0 saturated carbocycles. The fourth-order valence-corrected chi connectivity index (χ4v) is 7.63. The normalized spacial score (nSPS) is 20.6. The maximum atomic E-state index is 13.3. The van der Waals surface area contributed by atoms with Crippen molar-refractivity contribution in [2.24, 2.45) is 0 Å². The molecule has 0 radical (unpaired) electrons. The molecule has 0 aromatic rings. The lowest BCUT2D eigenvalue weighted by atomic mass is 9.99. The van der Waals surface area contributed by atoms with E-state index in [0.717, 1.165) is 96.3 Å². The molecule has 1 rings (SSSR count). The Morgan fingerprint density at radius 1 is 0.577 bits per heavy atom. The number of unbranched alkanes of at least 4 members (excludes halogenated alkanes) is 14. The van der Waals surface area contributed by atoms with Crippen molar-refractivity contribution >= 4 is 11.9 Å². The van der Waals surface area contributed by atoms with Crippen LogP contribution in [0, 0.1) is 0 Å². The average Bonchev–Trinajstić information content (AvgIpc) is 3.37. The van der Waals surface area contributed by atoms with Crippen molar-refractivity contribution in [3.8, 4) is 0 Å². The zero-order valence-corrected chi connectivity index (χ0v) is 44.0. The smallest absolute Gasteiger partial charge is 0.306 e. The van der Waals surface area contributed by atoms with E-state index in [9.17, 15) is 35.1 Å². The summed E-state index contributed by atoms with van der Waals surface area (Å²) in [5.74, 6) is -1.30. The quantitative estimate of drug-likeness (QED) is 0.0149. The van der Waals surface area contributed by atoms with Gasteiger partial charge in [0.05, 0.1) is 25.4 Å². The SMILES string of the molecule is CC/C=C\C/C=C\C/C=C\C/C=C\C/C=C\CCC(O)C(=O)NC(COC1OC(CO)C(O)C(O)C1OC(=O)CCCCCCC\C=C/C=C/C=C/C=C/CC)C(O)/C=C/CCCCCCCCCCC. The summed E-state index contributed by atoms with van der Waals surface area (Å²) < 4.78 is 17.5. The molecular weight excluding hydrogens is 895 g/mol. The van der Waals surface area contributed by atoms with Crippen LogP contribution in [0.1, 0.15) is 181 Å². The number of hydrogen-bond donors (Lipinski definition) is 6. The van der Waals surface area contributed by atoms with E-state index in [2.05, 4.69) is 86.8 Å². The number of ether oxygens (including phenoxy) is 3. The van der Waals surface area contributed by atoms with Crippen molar-refractivity contribution in [3.63, 3.8) is 0 Å². The third-order valence-corrected chi connectivity index (χ3v) is 12.0. The fraction of sp³-hybridized carbons (Fsp3) is 0.633. The molecule has 402 valence electrons. The van der Waals surface area contributed by atoms with Crippen molar-refractivity contribution in [3.05, 3.63) is 122 Å². The minimum atomic E-state index is -1.64. The molecule has 8 atom stereocenters. The van der Waals surface area contributed by atoms with Gasteiger partial charge in [0.25, 0.3) is 0 Å². The van der Waals surface area contributed by atoms with Crippen LogP contribution >= 0.6 is 0 Å². The first-order valence-corrected chi connectivity index (χ1v) is 27.4. The first-order chi connectivity index (χ1) is 34.7. The molecule has 0 spiro atoms. The number of hydrogen-bond acceptors (Lipinski definition) is 10. The van der Waals surface area contributed by atoms with Gasteiger partial charge in [-0.3, -0.25) is 9.59 Å². The van der Waals surface area contributed by atoms with Gasteiger partial charge in [-0.2, -0.15) is 0 Å². The highest BCUT2D eigenvalue weighted by Gasteiger charge is 2.47.